The van der Waals surface area contributed by atoms with Gasteiger partial charge in [0.15, 0.2) is 0 Å². The summed E-state index contributed by atoms with van der Waals surface area (Å²) >= 11 is 2.26. The summed E-state index contributed by atoms with van der Waals surface area (Å²) in [5.74, 6) is 7.27. The van der Waals surface area contributed by atoms with Crippen molar-refractivity contribution in [2.24, 2.45) is 34.5 Å². The molecule has 6 atom stereocenters. The Labute approximate surface area is 123 Å². The molecule has 0 aromatic heterocycles. The van der Waals surface area contributed by atoms with Gasteiger partial charge in [0.1, 0.15) is 0 Å². The van der Waals surface area contributed by atoms with Gasteiger partial charge >= 0.3 is 0 Å². The third kappa shape index (κ3) is 1.79. The van der Waals surface area contributed by atoms with Crippen LogP contribution in [0.4, 0.5) is 0 Å². The lowest BCUT2D eigenvalue weighted by Crippen LogP contribution is -2.52. The van der Waals surface area contributed by atoms with E-state index in [-0.39, 0.29) is 0 Å². The van der Waals surface area contributed by atoms with Crippen LogP contribution in [0.5, 0.6) is 0 Å². The molecule has 0 aromatic rings. The summed E-state index contributed by atoms with van der Waals surface area (Å²) in [6.07, 6.45) is 12.4. The fourth-order valence-electron chi connectivity index (χ4n) is 6.61. The Morgan fingerprint density at radius 1 is 0.895 bits per heavy atom. The summed E-state index contributed by atoms with van der Waals surface area (Å²) in [5, 5.41) is 0. The lowest BCUT2D eigenvalue weighted by Gasteiger charge is -2.59. The summed E-state index contributed by atoms with van der Waals surface area (Å²) in [4.78, 5) is 0. The van der Waals surface area contributed by atoms with E-state index < -0.39 is 0 Å². The summed E-state index contributed by atoms with van der Waals surface area (Å²) < 4.78 is 0. The Balaban J connectivity index is 1.64. The highest BCUT2D eigenvalue weighted by Gasteiger charge is 2.57. The zero-order valence-corrected chi connectivity index (χ0v) is 13.6. The van der Waals surface area contributed by atoms with Gasteiger partial charge in [-0.05, 0) is 84.5 Å². The Hall–Kier alpha value is 0.350. The van der Waals surface area contributed by atoms with Gasteiger partial charge in [-0.3, -0.25) is 0 Å². The molecule has 19 heavy (non-hydrogen) atoms. The molecule has 0 bridgehead atoms. The molecule has 4 rings (SSSR count). The van der Waals surface area contributed by atoms with Gasteiger partial charge in [0.05, 0.1) is 0 Å². The third-order valence-corrected chi connectivity index (χ3v) is 9.29. The molecule has 4 aliphatic rings. The van der Waals surface area contributed by atoms with E-state index in [9.17, 15) is 0 Å². The van der Waals surface area contributed by atoms with Crippen molar-refractivity contribution in [2.45, 2.75) is 65.2 Å². The molecule has 0 unspecified atom stereocenters. The molecule has 1 saturated heterocycles. The van der Waals surface area contributed by atoms with Crippen molar-refractivity contribution >= 4 is 11.8 Å². The maximum absolute atomic E-state index is 2.69. The highest BCUT2D eigenvalue weighted by Crippen LogP contribution is 2.65. The van der Waals surface area contributed by atoms with Crippen LogP contribution in [0.3, 0.4) is 0 Å². The van der Waals surface area contributed by atoms with Crippen molar-refractivity contribution in [3.05, 3.63) is 0 Å². The number of fused-ring (bicyclic) bond motifs is 5. The van der Waals surface area contributed by atoms with Crippen molar-refractivity contribution in [3.8, 4) is 0 Å². The summed E-state index contributed by atoms with van der Waals surface area (Å²) in [5.41, 5.74) is 1.44. The molecule has 0 N–H and O–H groups in total. The van der Waals surface area contributed by atoms with Gasteiger partial charge in [0.25, 0.3) is 0 Å². The number of hydrogen-bond donors (Lipinski definition) is 0. The molecule has 1 aliphatic heterocycles. The third-order valence-electron chi connectivity index (χ3n) is 7.83. The average Bonchev–Trinajstić information content (AvgIpc) is 2.79. The maximum atomic E-state index is 2.69. The maximum Gasteiger partial charge on any atom is -0.00103 e. The van der Waals surface area contributed by atoms with Crippen LogP contribution in [0.15, 0.2) is 0 Å². The van der Waals surface area contributed by atoms with E-state index in [0.29, 0.717) is 5.41 Å². The highest BCUT2D eigenvalue weighted by atomic mass is 32.2. The molecule has 0 radical (unpaired) electrons. The van der Waals surface area contributed by atoms with Gasteiger partial charge in [-0.15, -0.1) is 0 Å². The standard InChI is InChI=1S/C18H30S/c1-17-10-8-15-14(16(17)11-19-12-17)7-6-13-5-3-4-9-18(13,15)2/h13-16H,3-12H2,1-2H3/t13-,14-,15+,16+,17-,18+/m1/s1. The van der Waals surface area contributed by atoms with Crippen molar-refractivity contribution in [1.82, 2.24) is 0 Å². The van der Waals surface area contributed by atoms with E-state index in [4.69, 9.17) is 0 Å². The van der Waals surface area contributed by atoms with Crippen LogP contribution < -0.4 is 0 Å². The van der Waals surface area contributed by atoms with E-state index in [1.807, 2.05) is 0 Å². The zero-order valence-electron chi connectivity index (χ0n) is 12.8. The lowest BCUT2D eigenvalue weighted by atomic mass is 9.45. The largest absolute Gasteiger partial charge is 0.161 e. The molecule has 4 fully saturated rings. The summed E-state index contributed by atoms with van der Waals surface area (Å²) in [6, 6.07) is 0. The van der Waals surface area contributed by atoms with Crippen molar-refractivity contribution < 1.29 is 0 Å². The predicted octanol–water partition coefficient (Wildman–Crippen LogP) is 5.37. The Bertz CT molecular complexity index is 365. The van der Waals surface area contributed by atoms with Crippen LogP contribution in [0.2, 0.25) is 0 Å². The second-order valence-corrected chi connectivity index (χ2v) is 9.64. The molecule has 3 aliphatic carbocycles. The SMILES string of the molecule is C[C@]12CC[C@H]3[C@@H](CC[C@H]4CCCC[C@@]43C)[C@@H]1CSC2. The Morgan fingerprint density at radius 2 is 1.79 bits per heavy atom. The first-order valence-electron chi connectivity index (χ1n) is 8.71. The summed E-state index contributed by atoms with van der Waals surface area (Å²) in [7, 11) is 0. The minimum Gasteiger partial charge on any atom is -0.161 e. The fraction of sp³-hybridized carbons (Fsp3) is 1.00. The number of rotatable bonds is 0. The predicted molar refractivity (Wildman–Crippen MR) is 84.4 cm³/mol. The quantitative estimate of drug-likeness (QED) is 0.574. The van der Waals surface area contributed by atoms with Crippen LogP contribution in [0, 0.1) is 34.5 Å². The smallest absolute Gasteiger partial charge is 0.00103 e. The van der Waals surface area contributed by atoms with Crippen LogP contribution in [-0.4, -0.2) is 11.5 Å². The minimum absolute atomic E-state index is 0.712. The number of thioether (sulfide) groups is 1. The second kappa shape index (κ2) is 4.42. The molecule has 1 heterocycles. The molecule has 0 aromatic carbocycles. The van der Waals surface area contributed by atoms with E-state index in [1.54, 1.807) is 32.1 Å². The van der Waals surface area contributed by atoms with Crippen molar-refractivity contribution in [1.29, 1.82) is 0 Å². The monoisotopic (exact) mass is 278 g/mol. The van der Waals surface area contributed by atoms with Crippen LogP contribution in [-0.2, 0) is 0 Å². The molecule has 108 valence electrons. The molecule has 0 amide bonds. The fourth-order valence-corrected chi connectivity index (χ4v) is 8.46. The lowest BCUT2D eigenvalue weighted by molar-refractivity contribution is -0.0978. The average molecular weight is 279 g/mol. The molecule has 0 spiro atoms. The van der Waals surface area contributed by atoms with Gasteiger partial charge in [-0.25, -0.2) is 0 Å². The van der Waals surface area contributed by atoms with Gasteiger partial charge in [-0.1, -0.05) is 26.7 Å². The minimum atomic E-state index is 0.712. The first kappa shape index (κ1) is 13.0. The van der Waals surface area contributed by atoms with E-state index >= 15 is 0 Å². The Kier molecular flexibility index (Phi) is 3.03. The Morgan fingerprint density at radius 3 is 2.68 bits per heavy atom. The molecule has 3 saturated carbocycles. The van der Waals surface area contributed by atoms with Crippen LogP contribution >= 0.6 is 11.8 Å². The number of hydrogen-bond acceptors (Lipinski definition) is 1. The zero-order chi connectivity index (χ0) is 13.1. The van der Waals surface area contributed by atoms with Gasteiger partial charge in [-0.2, -0.15) is 11.8 Å². The van der Waals surface area contributed by atoms with Gasteiger partial charge < -0.3 is 0 Å². The highest BCUT2D eigenvalue weighted by molar-refractivity contribution is 7.99. The van der Waals surface area contributed by atoms with E-state index in [2.05, 4.69) is 25.6 Å². The molecular weight excluding hydrogens is 248 g/mol. The molecular formula is C18H30S. The van der Waals surface area contributed by atoms with E-state index in [1.165, 1.54) is 30.8 Å². The molecule has 0 nitrogen and oxygen atoms in total. The van der Waals surface area contributed by atoms with Gasteiger partial charge in [0, 0.05) is 0 Å². The van der Waals surface area contributed by atoms with Crippen molar-refractivity contribution in [3.63, 3.8) is 0 Å². The van der Waals surface area contributed by atoms with E-state index in [0.717, 1.165) is 29.1 Å². The first-order valence-corrected chi connectivity index (χ1v) is 9.87. The first-order chi connectivity index (χ1) is 9.13. The molecule has 1 heteroatoms. The van der Waals surface area contributed by atoms with Gasteiger partial charge in [0.2, 0.25) is 0 Å². The van der Waals surface area contributed by atoms with Crippen LogP contribution in [0.25, 0.3) is 0 Å². The topological polar surface area (TPSA) is 0 Å². The summed E-state index contributed by atoms with van der Waals surface area (Å²) in [6.45, 7) is 5.31. The second-order valence-electron chi connectivity index (χ2n) is 8.61. The normalized spacial score (nSPS) is 57.2. The van der Waals surface area contributed by atoms with Crippen molar-refractivity contribution in [2.75, 3.05) is 11.5 Å². The van der Waals surface area contributed by atoms with Crippen LogP contribution in [0.1, 0.15) is 65.2 Å².